The van der Waals surface area contributed by atoms with Crippen LogP contribution in [-0.4, -0.2) is 16.1 Å². The van der Waals surface area contributed by atoms with Crippen molar-refractivity contribution in [3.8, 4) is 11.3 Å². The van der Waals surface area contributed by atoms with Gasteiger partial charge in [0, 0.05) is 11.1 Å². The molecule has 1 amide bonds. The van der Waals surface area contributed by atoms with Crippen molar-refractivity contribution < 1.29 is 4.79 Å². The normalized spacial score (nSPS) is 10.2. The molecule has 0 bridgehead atoms. The Morgan fingerprint density at radius 2 is 1.59 bits per heavy atom. The van der Waals surface area contributed by atoms with E-state index in [2.05, 4.69) is 15.5 Å². The number of carbonyl (C=O) groups excluding carboxylic acids is 1. The summed E-state index contributed by atoms with van der Waals surface area (Å²) in [4.78, 5) is 24.0. The molecular weight excluding hydrogens is 278 g/mol. The van der Waals surface area contributed by atoms with Gasteiger partial charge >= 0.3 is 0 Å². The maximum Gasteiger partial charge on any atom is 0.287 e. The maximum atomic E-state index is 12.1. The van der Waals surface area contributed by atoms with E-state index >= 15 is 0 Å². The van der Waals surface area contributed by atoms with Crippen LogP contribution in [0.3, 0.4) is 0 Å². The molecule has 5 nitrogen and oxygen atoms in total. The lowest BCUT2D eigenvalue weighted by Crippen LogP contribution is -2.20. The highest BCUT2D eigenvalue weighted by Gasteiger charge is 2.10. The summed E-state index contributed by atoms with van der Waals surface area (Å²) in [7, 11) is 0. The molecule has 108 valence electrons. The number of hydrogen-bond donors (Lipinski definition) is 2. The Morgan fingerprint density at radius 3 is 2.27 bits per heavy atom. The second-order valence-electron chi connectivity index (χ2n) is 4.68. The van der Waals surface area contributed by atoms with Crippen molar-refractivity contribution in [2.24, 2.45) is 0 Å². The number of aromatic amines is 1. The first-order valence-electron chi connectivity index (χ1n) is 6.75. The van der Waals surface area contributed by atoms with Crippen LogP contribution in [0, 0.1) is 0 Å². The number of aromatic nitrogens is 2. The van der Waals surface area contributed by atoms with Crippen molar-refractivity contribution in [3.05, 3.63) is 82.6 Å². The monoisotopic (exact) mass is 291 g/mol. The van der Waals surface area contributed by atoms with Gasteiger partial charge in [0.25, 0.3) is 11.5 Å². The summed E-state index contributed by atoms with van der Waals surface area (Å²) in [5, 5.41) is 9.02. The Bertz CT molecular complexity index is 843. The zero-order chi connectivity index (χ0) is 15.4. The fourth-order valence-electron chi connectivity index (χ4n) is 2.04. The third-order valence-electron chi connectivity index (χ3n) is 3.16. The molecule has 3 rings (SSSR count). The molecule has 0 fully saturated rings. The van der Waals surface area contributed by atoms with Gasteiger partial charge in [-0.3, -0.25) is 9.59 Å². The van der Waals surface area contributed by atoms with Crippen LogP contribution in [0.5, 0.6) is 0 Å². The summed E-state index contributed by atoms with van der Waals surface area (Å²) in [5.41, 5.74) is 1.66. The van der Waals surface area contributed by atoms with E-state index in [4.69, 9.17) is 0 Å². The van der Waals surface area contributed by atoms with Crippen LogP contribution in [0.1, 0.15) is 10.4 Å². The van der Waals surface area contributed by atoms with Gasteiger partial charge < -0.3 is 5.32 Å². The van der Waals surface area contributed by atoms with E-state index in [9.17, 15) is 9.59 Å². The lowest BCUT2D eigenvalue weighted by Gasteiger charge is -2.06. The predicted molar refractivity (Wildman–Crippen MR) is 84.7 cm³/mol. The summed E-state index contributed by atoms with van der Waals surface area (Å²) in [6, 6.07) is 19.7. The number of benzene rings is 2. The van der Waals surface area contributed by atoms with E-state index in [1.165, 1.54) is 0 Å². The fraction of sp³-hybridized carbons (Fsp3) is 0. The van der Waals surface area contributed by atoms with Crippen molar-refractivity contribution in [1.29, 1.82) is 0 Å². The third kappa shape index (κ3) is 2.93. The van der Waals surface area contributed by atoms with Crippen molar-refractivity contribution in [1.82, 2.24) is 10.2 Å². The highest BCUT2D eigenvalue weighted by Crippen LogP contribution is 2.17. The second kappa shape index (κ2) is 6.05. The smallest absolute Gasteiger partial charge is 0.287 e. The molecule has 0 unspecified atom stereocenters. The van der Waals surface area contributed by atoms with Crippen LogP contribution in [0.15, 0.2) is 71.5 Å². The number of anilines is 1. The van der Waals surface area contributed by atoms with Gasteiger partial charge in [-0.05, 0) is 18.2 Å². The number of nitrogens with zero attached hydrogens (tertiary/aromatic N) is 1. The van der Waals surface area contributed by atoms with E-state index in [0.29, 0.717) is 11.3 Å². The first-order valence-corrected chi connectivity index (χ1v) is 6.75. The number of rotatable bonds is 3. The number of carbonyl (C=O) groups is 1. The van der Waals surface area contributed by atoms with Gasteiger partial charge in [-0.1, -0.05) is 48.5 Å². The Kier molecular flexibility index (Phi) is 3.78. The van der Waals surface area contributed by atoms with Gasteiger partial charge in [-0.15, -0.1) is 0 Å². The molecule has 0 saturated heterocycles. The van der Waals surface area contributed by atoms with Crippen LogP contribution in [-0.2, 0) is 0 Å². The number of nitrogens with one attached hydrogen (secondary N) is 2. The summed E-state index contributed by atoms with van der Waals surface area (Å²) < 4.78 is 0. The average Bonchev–Trinajstić information content (AvgIpc) is 2.58. The summed E-state index contributed by atoms with van der Waals surface area (Å²) >= 11 is 0. The quantitative estimate of drug-likeness (QED) is 0.779. The number of H-pyrrole nitrogens is 1. The molecule has 0 aliphatic heterocycles. The first-order chi connectivity index (χ1) is 10.7. The minimum atomic E-state index is -0.441. The standard InChI is InChI=1S/C17H13N3O2/c21-16(13-9-5-2-6-10-13)18-15-11-14(19-20-17(15)22)12-7-3-1-4-8-12/h1-11H,(H,20,22)(H,18,19,21). The van der Waals surface area contributed by atoms with E-state index in [0.717, 1.165) is 5.56 Å². The van der Waals surface area contributed by atoms with Gasteiger partial charge in [0.05, 0.1) is 5.69 Å². The Balaban J connectivity index is 1.91. The minimum absolute atomic E-state index is 0.169. The van der Waals surface area contributed by atoms with E-state index in [1.807, 2.05) is 36.4 Å². The van der Waals surface area contributed by atoms with Crippen molar-refractivity contribution in [3.63, 3.8) is 0 Å². The summed E-state index contributed by atoms with van der Waals surface area (Å²) in [5.74, 6) is -0.337. The van der Waals surface area contributed by atoms with Gasteiger partial charge in [-0.25, -0.2) is 5.10 Å². The molecule has 0 aliphatic carbocycles. The molecule has 5 heteroatoms. The van der Waals surface area contributed by atoms with Crippen molar-refractivity contribution >= 4 is 11.6 Å². The molecule has 0 radical (unpaired) electrons. The molecule has 22 heavy (non-hydrogen) atoms. The van der Waals surface area contributed by atoms with Crippen LogP contribution in [0.4, 0.5) is 5.69 Å². The molecule has 0 atom stereocenters. The molecule has 2 aromatic carbocycles. The molecule has 0 aliphatic rings. The zero-order valence-electron chi connectivity index (χ0n) is 11.6. The Hall–Kier alpha value is -3.21. The first kappa shape index (κ1) is 13.8. The Labute approximate surface area is 126 Å². The van der Waals surface area contributed by atoms with E-state index < -0.39 is 5.56 Å². The minimum Gasteiger partial charge on any atom is -0.317 e. The summed E-state index contributed by atoms with van der Waals surface area (Å²) in [6.07, 6.45) is 0. The lowest BCUT2D eigenvalue weighted by atomic mass is 10.1. The molecule has 1 aromatic heterocycles. The molecule has 1 heterocycles. The Morgan fingerprint density at radius 1 is 0.955 bits per heavy atom. The van der Waals surface area contributed by atoms with Gasteiger partial charge in [0.1, 0.15) is 5.69 Å². The lowest BCUT2D eigenvalue weighted by molar-refractivity contribution is 0.102. The van der Waals surface area contributed by atoms with Crippen LogP contribution in [0.25, 0.3) is 11.3 Å². The van der Waals surface area contributed by atoms with Crippen LogP contribution in [0.2, 0.25) is 0 Å². The zero-order valence-corrected chi connectivity index (χ0v) is 11.6. The molecular formula is C17H13N3O2. The topological polar surface area (TPSA) is 74.8 Å². The van der Waals surface area contributed by atoms with Crippen molar-refractivity contribution in [2.75, 3.05) is 5.32 Å². The highest BCUT2D eigenvalue weighted by atomic mass is 16.2. The predicted octanol–water partition coefficient (Wildman–Crippen LogP) is 2.69. The van der Waals surface area contributed by atoms with Gasteiger partial charge in [0.2, 0.25) is 0 Å². The van der Waals surface area contributed by atoms with Gasteiger partial charge in [-0.2, -0.15) is 5.10 Å². The highest BCUT2D eigenvalue weighted by molar-refractivity contribution is 6.04. The third-order valence-corrected chi connectivity index (χ3v) is 3.16. The van der Waals surface area contributed by atoms with Crippen LogP contribution < -0.4 is 10.9 Å². The van der Waals surface area contributed by atoms with E-state index in [1.54, 1.807) is 30.3 Å². The molecule has 3 aromatic rings. The molecule has 0 saturated carbocycles. The SMILES string of the molecule is O=C(Nc1cc(-c2ccccc2)n[nH]c1=O)c1ccccc1. The number of amides is 1. The van der Waals surface area contributed by atoms with E-state index in [-0.39, 0.29) is 11.6 Å². The summed E-state index contributed by atoms with van der Waals surface area (Å²) in [6.45, 7) is 0. The number of hydrogen-bond acceptors (Lipinski definition) is 3. The second-order valence-corrected chi connectivity index (χ2v) is 4.68. The fourth-order valence-corrected chi connectivity index (χ4v) is 2.04. The molecule has 0 spiro atoms. The van der Waals surface area contributed by atoms with Crippen LogP contribution >= 0.6 is 0 Å². The maximum absolute atomic E-state index is 12.1. The largest absolute Gasteiger partial charge is 0.317 e. The average molecular weight is 291 g/mol. The van der Waals surface area contributed by atoms with Gasteiger partial charge in [0.15, 0.2) is 0 Å². The molecule has 2 N–H and O–H groups in total. The van der Waals surface area contributed by atoms with Crippen molar-refractivity contribution in [2.45, 2.75) is 0 Å².